The molecule has 1 aliphatic rings. The number of carbonyl (C=O) groups excluding carboxylic acids is 1. The standard InChI is InChI=1S/C20H24N2O3S/c23-20(21-17-10-4-1-5-11-17)16-22(18-12-6-2-7-13-18)26(24,25)19-14-8-3-9-15-19/h2-3,6-9,12-15,17H,1,4-5,10-11,16H2,(H,21,23). The van der Waals surface area contributed by atoms with Crippen molar-refractivity contribution in [1.29, 1.82) is 0 Å². The van der Waals surface area contributed by atoms with Crippen molar-refractivity contribution in [3.8, 4) is 0 Å². The van der Waals surface area contributed by atoms with Gasteiger partial charge in [-0.2, -0.15) is 0 Å². The molecule has 0 aliphatic heterocycles. The van der Waals surface area contributed by atoms with E-state index in [1.54, 1.807) is 54.6 Å². The lowest BCUT2D eigenvalue weighted by Crippen LogP contribution is -2.44. The van der Waals surface area contributed by atoms with Crippen LogP contribution in [0.4, 0.5) is 5.69 Å². The minimum atomic E-state index is -3.82. The Labute approximate surface area is 155 Å². The minimum absolute atomic E-state index is 0.147. The summed E-state index contributed by atoms with van der Waals surface area (Å²) < 4.78 is 27.4. The van der Waals surface area contributed by atoms with E-state index in [0.29, 0.717) is 5.69 Å². The van der Waals surface area contributed by atoms with Crippen LogP contribution < -0.4 is 9.62 Å². The van der Waals surface area contributed by atoms with Gasteiger partial charge in [0.25, 0.3) is 10.0 Å². The summed E-state index contributed by atoms with van der Waals surface area (Å²) in [5, 5.41) is 3.00. The summed E-state index contributed by atoms with van der Waals surface area (Å²) in [5.74, 6) is -0.264. The van der Waals surface area contributed by atoms with Crippen LogP contribution >= 0.6 is 0 Å². The molecule has 0 saturated heterocycles. The molecular formula is C20H24N2O3S. The van der Waals surface area contributed by atoms with Gasteiger partial charge in [0, 0.05) is 6.04 Å². The smallest absolute Gasteiger partial charge is 0.264 e. The molecule has 1 amide bonds. The Balaban J connectivity index is 1.83. The first-order chi connectivity index (χ1) is 12.6. The molecule has 2 aromatic rings. The molecule has 5 nitrogen and oxygen atoms in total. The summed E-state index contributed by atoms with van der Waals surface area (Å²) in [7, 11) is -3.82. The van der Waals surface area contributed by atoms with Crippen LogP contribution in [0.3, 0.4) is 0 Å². The molecule has 26 heavy (non-hydrogen) atoms. The quantitative estimate of drug-likeness (QED) is 0.846. The molecule has 6 heteroatoms. The van der Waals surface area contributed by atoms with Crippen molar-refractivity contribution in [2.24, 2.45) is 0 Å². The number of nitrogens with zero attached hydrogens (tertiary/aromatic N) is 1. The molecule has 2 aromatic carbocycles. The van der Waals surface area contributed by atoms with Gasteiger partial charge in [-0.1, -0.05) is 55.7 Å². The number of anilines is 1. The Morgan fingerprint density at radius 3 is 2.12 bits per heavy atom. The second-order valence-corrected chi connectivity index (χ2v) is 8.43. The second-order valence-electron chi connectivity index (χ2n) is 6.56. The first-order valence-corrected chi connectivity index (χ1v) is 10.4. The monoisotopic (exact) mass is 372 g/mol. The lowest BCUT2D eigenvalue weighted by Gasteiger charge is -2.27. The molecule has 3 rings (SSSR count). The van der Waals surface area contributed by atoms with Gasteiger partial charge >= 0.3 is 0 Å². The zero-order chi connectivity index (χ0) is 18.4. The number of amides is 1. The average Bonchev–Trinajstić information content (AvgIpc) is 2.68. The summed E-state index contributed by atoms with van der Waals surface area (Å²) in [4.78, 5) is 12.7. The predicted molar refractivity (Wildman–Crippen MR) is 102 cm³/mol. The highest BCUT2D eigenvalue weighted by Gasteiger charge is 2.27. The third-order valence-electron chi connectivity index (χ3n) is 4.63. The van der Waals surface area contributed by atoms with Crippen LogP contribution in [0, 0.1) is 0 Å². The Kier molecular flexibility index (Phi) is 5.93. The average molecular weight is 372 g/mol. The second kappa shape index (κ2) is 8.36. The van der Waals surface area contributed by atoms with Gasteiger partial charge in [-0.05, 0) is 37.1 Å². The highest BCUT2D eigenvalue weighted by molar-refractivity contribution is 7.92. The van der Waals surface area contributed by atoms with E-state index in [1.165, 1.54) is 10.7 Å². The lowest BCUT2D eigenvalue weighted by molar-refractivity contribution is -0.120. The molecule has 1 fully saturated rings. The maximum atomic E-state index is 13.1. The number of hydrogen-bond acceptors (Lipinski definition) is 3. The molecule has 0 heterocycles. The molecule has 0 radical (unpaired) electrons. The van der Waals surface area contributed by atoms with Crippen molar-refractivity contribution < 1.29 is 13.2 Å². The Bertz CT molecular complexity index is 817. The van der Waals surface area contributed by atoms with Crippen LogP contribution in [-0.4, -0.2) is 26.9 Å². The molecule has 0 bridgehead atoms. The molecule has 0 unspecified atom stereocenters. The summed E-state index contributed by atoms with van der Waals surface area (Å²) in [6, 6.07) is 17.1. The van der Waals surface area contributed by atoms with Crippen molar-refractivity contribution in [3.63, 3.8) is 0 Å². The third kappa shape index (κ3) is 4.43. The number of sulfonamides is 1. The van der Waals surface area contributed by atoms with E-state index >= 15 is 0 Å². The van der Waals surface area contributed by atoms with Gasteiger partial charge in [-0.3, -0.25) is 9.10 Å². The number of para-hydroxylation sites is 1. The van der Waals surface area contributed by atoms with Gasteiger partial charge in [-0.15, -0.1) is 0 Å². The summed E-state index contributed by atoms with van der Waals surface area (Å²) in [5.41, 5.74) is 0.482. The molecule has 0 aromatic heterocycles. The highest BCUT2D eigenvalue weighted by atomic mass is 32.2. The van der Waals surface area contributed by atoms with Crippen molar-refractivity contribution in [3.05, 3.63) is 60.7 Å². The van der Waals surface area contributed by atoms with E-state index < -0.39 is 10.0 Å². The van der Waals surface area contributed by atoms with Gasteiger partial charge in [0.15, 0.2) is 0 Å². The number of nitrogens with one attached hydrogen (secondary N) is 1. The largest absolute Gasteiger partial charge is 0.352 e. The lowest BCUT2D eigenvalue weighted by atomic mass is 9.95. The fourth-order valence-corrected chi connectivity index (χ4v) is 4.72. The summed E-state index contributed by atoms with van der Waals surface area (Å²) in [6.45, 7) is -0.224. The maximum Gasteiger partial charge on any atom is 0.264 e. The Morgan fingerprint density at radius 2 is 1.50 bits per heavy atom. The molecule has 1 saturated carbocycles. The van der Waals surface area contributed by atoms with Gasteiger partial charge in [0.1, 0.15) is 6.54 Å². The molecule has 1 N–H and O–H groups in total. The fourth-order valence-electron chi connectivity index (χ4n) is 3.28. The Hall–Kier alpha value is -2.34. The zero-order valence-electron chi connectivity index (χ0n) is 14.7. The van der Waals surface area contributed by atoms with Gasteiger partial charge in [-0.25, -0.2) is 8.42 Å². The van der Waals surface area contributed by atoms with Crippen LogP contribution in [-0.2, 0) is 14.8 Å². The fraction of sp³-hybridized carbons (Fsp3) is 0.350. The molecular weight excluding hydrogens is 348 g/mol. The third-order valence-corrected chi connectivity index (χ3v) is 6.42. The van der Waals surface area contributed by atoms with Crippen LogP contribution in [0.1, 0.15) is 32.1 Å². The van der Waals surface area contributed by atoms with E-state index in [2.05, 4.69) is 5.32 Å². The van der Waals surface area contributed by atoms with Crippen LogP contribution in [0.25, 0.3) is 0 Å². The SMILES string of the molecule is O=C(CN(c1ccccc1)S(=O)(=O)c1ccccc1)NC1CCCCC1. The van der Waals surface area contributed by atoms with Crippen LogP contribution in [0.5, 0.6) is 0 Å². The maximum absolute atomic E-state index is 13.1. The molecule has 138 valence electrons. The zero-order valence-corrected chi connectivity index (χ0v) is 15.5. The first-order valence-electron chi connectivity index (χ1n) is 8.99. The van der Waals surface area contributed by atoms with Gasteiger partial charge < -0.3 is 5.32 Å². The van der Waals surface area contributed by atoms with E-state index in [0.717, 1.165) is 25.7 Å². The predicted octanol–water partition coefficient (Wildman–Crippen LogP) is 3.33. The van der Waals surface area contributed by atoms with Crippen molar-refractivity contribution in [1.82, 2.24) is 5.32 Å². The minimum Gasteiger partial charge on any atom is -0.352 e. The molecule has 0 atom stereocenters. The first kappa shape index (κ1) is 18.5. The summed E-state index contributed by atoms with van der Waals surface area (Å²) in [6.07, 6.45) is 5.33. The molecule has 0 spiro atoms. The van der Waals surface area contributed by atoms with Crippen LogP contribution in [0.15, 0.2) is 65.6 Å². The van der Waals surface area contributed by atoms with E-state index in [4.69, 9.17) is 0 Å². The number of hydrogen-bond donors (Lipinski definition) is 1. The number of benzene rings is 2. The van der Waals surface area contributed by atoms with Gasteiger partial charge in [0.2, 0.25) is 5.91 Å². The van der Waals surface area contributed by atoms with Crippen molar-refractivity contribution in [2.45, 2.75) is 43.0 Å². The van der Waals surface area contributed by atoms with E-state index in [9.17, 15) is 13.2 Å². The van der Waals surface area contributed by atoms with Crippen molar-refractivity contribution >= 4 is 21.6 Å². The van der Waals surface area contributed by atoms with E-state index in [1.807, 2.05) is 6.07 Å². The number of carbonyl (C=O) groups is 1. The molecule has 1 aliphatic carbocycles. The normalized spacial score (nSPS) is 15.4. The van der Waals surface area contributed by atoms with Crippen LogP contribution in [0.2, 0.25) is 0 Å². The topological polar surface area (TPSA) is 66.5 Å². The van der Waals surface area contributed by atoms with Crippen molar-refractivity contribution in [2.75, 3.05) is 10.8 Å². The Morgan fingerprint density at radius 1 is 0.923 bits per heavy atom. The summed E-state index contributed by atoms with van der Waals surface area (Å²) >= 11 is 0. The number of rotatable bonds is 6. The highest BCUT2D eigenvalue weighted by Crippen LogP contribution is 2.23. The van der Waals surface area contributed by atoms with E-state index in [-0.39, 0.29) is 23.4 Å². The van der Waals surface area contributed by atoms with Gasteiger partial charge in [0.05, 0.1) is 10.6 Å².